The number of nitrogen functional groups attached to an aromatic ring is 1. The van der Waals surface area contributed by atoms with Crippen LogP contribution >= 0.6 is 0 Å². The lowest BCUT2D eigenvalue weighted by Crippen LogP contribution is -2.31. The molecule has 0 saturated heterocycles. The molecule has 0 atom stereocenters. The zero-order valence-electron chi connectivity index (χ0n) is 8.08. The number of halogens is 1. The predicted molar refractivity (Wildman–Crippen MR) is 56.2 cm³/mol. The molecule has 2 rings (SSSR count). The van der Waals surface area contributed by atoms with E-state index in [4.69, 9.17) is 5.84 Å². The number of hydrazine groups is 1. The van der Waals surface area contributed by atoms with Gasteiger partial charge >= 0.3 is 0 Å². The summed E-state index contributed by atoms with van der Waals surface area (Å²) in [6.07, 6.45) is 0. The molecule has 82 valence electrons. The monoisotopic (exact) mass is 221 g/mol. The maximum Gasteiger partial charge on any atom is 0.281 e. The van der Waals surface area contributed by atoms with E-state index < -0.39 is 17.2 Å². The fourth-order valence-corrected chi connectivity index (χ4v) is 1.42. The average molecular weight is 221 g/mol. The van der Waals surface area contributed by atoms with Gasteiger partial charge in [-0.05, 0) is 18.2 Å². The van der Waals surface area contributed by atoms with Gasteiger partial charge in [-0.15, -0.1) is 0 Å². The molecule has 0 aliphatic carbocycles. The Hall–Kier alpha value is -2.21. The van der Waals surface area contributed by atoms with Gasteiger partial charge < -0.3 is 4.98 Å². The number of hydrogen-bond acceptors (Lipinski definition) is 3. The molecular formula is C10H8FN3O2. The highest BCUT2D eigenvalue weighted by atomic mass is 19.1. The molecule has 0 aliphatic heterocycles. The molecule has 16 heavy (non-hydrogen) atoms. The number of fused-ring (bicyclic) bond motifs is 1. The van der Waals surface area contributed by atoms with Crippen molar-refractivity contribution >= 4 is 16.8 Å². The number of aromatic amines is 1. The fraction of sp³-hybridized carbons (Fsp3) is 0. The van der Waals surface area contributed by atoms with Crippen LogP contribution in [0.1, 0.15) is 10.5 Å². The Morgan fingerprint density at radius 2 is 2.12 bits per heavy atom. The lowest BCUT2D eigenvalue weighted by molar-refractivity contribution is 0.0949. The van der Waals surface area contributed by atoms with Gasteiger partial charge in [0, 0.05) is 11.5 Å². The van der Waals surface area contributed by atoms with Crippen LogP contribution in [-0.4, -0.2) is 10.9 Å². The first-order valence-electron chi connectivity index (χ1n) is 4.45. The summed E-state index contributed by atoms with van der Waals surface area (Å²) in [5.74, 6) is 3.83. The van der Waals surface area contributed by atoms with E-state index >= 15 is 0 Å². The van der Waals surface area contributed by atoms with E-state index in [-0.39, 0.29) is 11.1 Å². The standard InChI is InChI=1S/C10H8FN3O2/c11-5-1-2-7-6(3-5)9(15)4-8(13-7)10(16)14-12/h1-4H,12H2,(H,13,15)(H,14,16). The first-order valence-corrected chi connectivity index (χ1v) is 4.45. The molecule has 4 N–H and O–H groups in total. The number of pyridine rings is 1. The second-order valence-electron chi connectivity index (χ2n) is 3.21. The minimum absolute atomic E-state index is 0.0339. The van der Waals surface area contributed by atoms with Crippen molar-refractivity contribution in [3.8, 4) is 0 Å². The molecule has 1 amide bonds. The second-order valence-corrected chi connectivity index (χ2v) is 3.21. The number of H-pyrrole nitrogens is 1. The number of nitrogens with two attached hydrogens (primary N) is 1. The molecule has 0 fully saturated rings. The lowest BCUT2D eigenvalue weighted by atomic mass is 10.2. The summed E-state index contributed by atoms with van der Waals surface area (Å²) in [5, 5.41) is 0.188. The number of nitrogens with one attached hydrogen (secondary N) is 2. The third-order valence-corrected chi connectivity index (χ3v) is 2.17. The Morgan fingerprint density at radius 1 is 1.38 bits per heavy atom. The van der Waals surface area contributed by atoms with Crippen LogP contribution < -0.4 is 16.7 Å². The van der Waals surface area contributed by atoms with E-state index in [0.717, 1.165) is 12.1 Å². The molecule has 0 spiro atoms. The van der Waals surface area contributed by atoms with E-state index in [2.05, 4.69) is 4.98 Å². The Morgan fingerprint density at radius 3 is 2.81 bits per heavy atom. The van der Waals surface area contributed by atoms with Crippen LogP contribution in [-0.2, 0) is 0 Å². The normalized spacial score (nSPS) is 10.4. The van der Waals surface area contributed by atoms with Crippen molar-refractivity contribution in [1.82, 2.24) is 10.4 Å². The minimum Gasteiger partial charge on any atom is -0.350 e. The summed E-state index contributed by atoms with van der Waals surface area (Å²) in [5.41, 5.74) is 1.88. The number of amides is 1. The molecule has 0 radical (unpaired) electrons. The summed E-state index contributed by atoms with van der Waals surface area (Å²) in [6, 6.07) is 4.77. The van der Waals surface area contributed by atoms with Crippen LogP contribution in [0.15, 0.2) is 29.1 Å². The van der Waals surface area contributed by atoms with Gasteiger partial charge in [-0.3, -0.25) is 15.0 Å². The Labute approximate surface area is 89.0 Å². The highest BCUT2D eigenvalue weighted by Gasteiger charge is 2.08. The van der Waals surface area contributed by atoms with Gasteiger partial charge in [0.25, 0.3) is 5.91 Å². The minimum atomic E-state index is -0.608. The smallest absolute Gasteiger partial charge is 0.281 e. The number of aromatic nitrogens is 1. The number of carbonyl (C=O) groups is 1. The van der Waals surface area contributed by atoms with Gasteiger partial charge in [-0.1, -0.05) is 0 Å². The second kappa shape index (κ2) is 3.74. The number of benzene rings is 1. The number of rotatable bonds is 1. The van der Waals surface area contributed by atoms with Crippen molar-refractivity contribution in [2.24, 2.45) is 5.84 Å². The zero-order chi connectivity index (χ0) is 11.7. The highest BCUT2D eigenvalue weighted by Crippen LogP contribution is 2.09. The molecular weight excluding hydrogens is 213 g/mol. The average Bonchev–Trinajstić information content (AvgIpc) is 2.28. The van der Waals surface area contributed by atoms with Crippen LogP contribution in [0.4, 0.5) is 4.39 Å². The molecule has 5 nitrogen and oxygen atoms in total. The first-order chi connectivity index (χ1) is 7.61. The molecule has 0 saturated carbocycles. The molecule has 1 heterocycles. The zero-order valence-corrected chi connectivity index (χ0v) is 8.08. The third kappa shape index (κ3) is 1.66. The third-order valence-electron chi connectivity index (χ3n) is 2.17. The van der Waals surface area contributed by atoms with Crippen molar-refractivity contribution in [3.05, 3.63) is 46.0 Å². The Balaban J connectivity index is 2.73. The molecule has 0 aliphatic rings. The van der Waals surface area contributed by atoms with Crippen molar-refractivity contribution < 1.29 is 9.18 Å². The summed E-state index contributed by atoms with van der Waals surface area (Å²) >= 11 is 0. The van der Waals surface area contributed by atoms with Crippen molar-refractivity contribution in [2.75, 3.05) is 0 Å². The van der Waals surface area contributed by atoms with Gasteiger partial charge in [0.15, 0.2) is 5.43 Å². The maximum absolute atomic E-state index is 12.9. The van der Waals surface area contributed by atoms with Gasteiger partial charge in [0.1, 0.15) is 11.5 Å². The van der Waals surface area contributed by atoms with Crippen molar-refractivity contribution in [3.63, 3.8) is 0 Å². The Kier molecular flexibility index (Phi) is 2.41. The number of hydrogen-bond donors (Lipinski definition) is 3. The lowest BCUT2D eigenvalue weighted by Gasteiger charge is -2.02. The van der Waals surface area contributed by atoms with Crippen LogP contribution in [0, 0.1) is 5.82 Å². The number of carbonyl (C=O) groups excluding carboxylic acids is 1. The summed E-state index contributed by atoms with van der Waals surface area (Å²) in [7, 11) is 0. The molecule has 0 bridgehead atoms. The van der Waals surface area contributed by atoms with Gasteiger partial charge in [0.05, 0.1) is 5.52 Å². The van der Waals surface area contributed by atoms with Crippen LogP contribution in [0.3, 0.4) is 0 Å². The van der Waals surface area contributed by atoms with Crippen LogP contribution in [0.25, 0.3) is 10.9 Å². The van der Waals surface area contributed by atoms with Crippen LogP contribution in [0.2, 0.25) is 0 Å². The van der Waals surface area contributed by atoms with Crippen LogP contribution in [0.5, 0.6) is 0 Å². The van der Waals surface area contributed by atoms with E-state index in [0.29, 0.717) is 5.52 Å². The molecule has 2 aromatic rings. The summed E-state index contributed by atoms with van der Waals surface area (Å²) < 4.78 is 12.9. The highest BCUT2D eigenvalue weighted by molar-refractivity contribution is 5.94. The topological polar surface area (TPSA) is 88.0 Å². The fourth-order valence-electron chi connectivity index (χ4n) is 1.42. The quantitative estimate of drug-likeness (QED) is 0.367. The maximum atomic E-state index is 12.9. The van der Waals surface area contributed by atoms with E-state index in [9.17, 15) is 14.0 Å². The van der Waals surface area contributed by atoms with Crippen molar-refractivity contribution in [2.45, 2.75) is 0 Å². The van der Waals surface area contributed by atoms with E-state index in [1.165, 1.54) is 12.1 Å². The van der Waals surface area contributed by atoms with Gasteiger partial charge in [-0.2, -0.15) is 0 Å². The largest absolute Gasteiger partial charge is 0.350 e. The first kappa shape index (κ1) is 10.3. The predicted octanol–water partition coefficient (Wildman–Crippen LogP) is 0.271. The summed E-state index contributed by atoms with van der Waals surface area (Å²) in [4.78, 5) is 25.4. The molecule has 1 aromatic heterocycles. The SMILES string of the molecule is NNC(=O)c1cc(=O)c2cc(F)ccc2[nH]1. The molecule has 1 aromatic carbocycles. The molecule has 0 unspecified atom stereocenters. The Bertz CT molecular complexity index is 621. The molecule has 6 heteroatoms. The van der Waals surface area contributed by atoms with Gasteiger partial charge in [0.2, 0.25) is 0 Å². The van der Waals surface area contributed by atoms with E-state index in [1.54, 1.807) is 0 Å². The summed E-state index contributed by atoms with van der Waals surface area (Å²) in [6.45, 7) is 0. The van der Waals surface area contributed by atoms with Crippen molar-refractivity contribution in [1.29, 1.82) is 0 Å². The van der Waals surface area contributed by atoms with Gasteiger partial charge in [-0.25, -0.2) is 10.2 Å². The van der Waals surface area contributed by atoms with E-state index in [1.807, 2.05) is 5.43 Å².